The van der Waals surface area contributed by atoms with Crippen molar-refractivity contribution >= 4 is 31.9 Å². The predicted octanol–water partition coefficient (Wildman–Crippen LogP) is 6.12. The van der Waals surface area contributed by atoms with E-state index in [-0.39, 0.29) is 0 Å². The Hall–Kier alpha value is 0.180. The number of halogens is 2. The Balaban J connectivity index is 2.16. The third kappa shape index (κ3) is 7.25. The van der Waals surface area contributed by atoms with Crippen LogP contribution in [0.25, 0.3) is 0 Å². The van der Waals surface area contributed by atoms with E-state index in [4.69, 9.17) is 0 Å². The van der Waals surface area contributed by atoms with Gasteiger partial charge in [0.2, 0.25) is 0 Å². The summed E-state index contributed by atoms with van der Waals surface area (Å²) in [5.74, 6) is 0. The number of hydrogen-bond acceptors (Lipinski definition) is 0. The maximum absolute atomic E-state index is 3.79. The summed E-state index contributed by atoms with van der Waals surface area (Å²) in [5.41, 5.74) is 1.42. The largest absolute Gasteiger partial charge is 0.0887 e. The molecule has 0 aliphatic rings. The van der Waals surface area contributed by atoms with Crippen molar-refractivity contribution in [3.8, 4) is 0 Å². The molecule has 0 radical (unpaired) electrons. The minimum atomic E-state index is 0.630. The van der Waals surface area contributed by atoms with E-state index in [0.29, 0.717) is 4.83 Å². The Kier molecular flexibility index (Phi) is 8.21. The fourth-order valence-electron chi connectivity index (χ4n) is 1.95. The van der Waals surface area contributed by atoms with Crippen LogP contribution in [0.1, 0.15) is 51.0 Å². The molecule has 0 saturated carbocycles. The summed E-state index contributed by atoms with van der Waals surface area (Å²) in [6, 6.07) is 8.65. The van der Waals surface area contributed by atoms with Crippen molar-refractivity contribution in [1.82, 2.24) is 0 Å². The molecule has 0 fully saturated rings. The normalized spacial score (nSPS) is 12.6. The number of hydrogen-bond donors (Lipinski definition) is 0. The zero-order chi connectivity index (χ0) is 12.5. The third-order valence-corrected chi connectivity index (χ3v) is 4.30. The van der Waals surface area contributed by atoms with Gasteiger partial charge in [-0.2, -0.15) is 0 Å². The highest BCUT2D eigenvalue weighted by Crippen LogP contribution is 2.19. The summed E-state index contributed by atoms with van der Waals surface area (Å²) in [4.78, 5) is 0.630. The lowest BCUT2D eigenvalue weighted by molar-refractivity contribution is 0.598. The summed E-state index contributed by atoms with van der Waals surface area (Å²) in [6.07, 6.45) is 9.29. The molecule has 0 amide bonds. The van der Waals surface area contributed by atoms with Crippen molar-refractivity contribution in [1.29, 1.82) is 0 Å². The summed E-state index contributed by atoms with van der Waals surface area (Å²) >= 11 is 7.26. The summed E-state index contributed by atoms with van der Waals surface area (Å²) < 4.78 is 1.16. The van der Waals surface area contributed by atoms with Crippen molar-refractivity contribution in [2.24, 2.45) is 0 Å². The summed E-state index contributed by atoms with van der Waals surface area (Å²) in [7, 11) is 0. The Bertz CT molecular complexity index is 292. The standard InChI is InChI=1S/C15H22Br2/c1-2-3-4-5-6-7-15(17)12-13-8-10-14(16)11-9-13/h8-11,15H,2-7,12H2,1H3. The molecule has 0 aliphatic carbocycles. The monoisotopic (exact) mass is 360 g/mol. The van der Waals surface area contributed by atoms with E-state index in [9.17, 15) is 0 Å². The highest BCUT2D eigenvalue weighted by atomic mass is 79.9. The van der Waals surface area contributed by atoms with Gasteiger partial charge in [-0.15, -0.1) is 0 Å². The van der Waals surface area contributed by atoms with E-state index in [0.717, 1.165) is 10.9 Å². The van der Waals surface area contributed by atoms with Crippen LogP contribution in [0.3, 0.4) is 0 Å². The molecule has 0 bridgehead atoms. The Labute approximate surface area is 122 Å². The van der Waals surface area contributed by atoms with Gasteiger partial charge < -0.3 is 0 Å². The summed E-state index contributed by atoms with van der Waals surface area (Å²) in [6.45, 7) is 2.26. The van der Waals surface area contributed by atoms with Crippen LogP contribution in [-0.2, 0) is 6.42 Å². The van der Waals surface area contributed by atoms with Gasteiger partial charge in [0.1, 0.15) is 0 Å². The Morgan fingerprint density at radius 3 is 2.29 bits per heavy atom. The second kappa shape index (κ2) is 9.16. The average molecular weight is 362 g/mol. The van der Waals surface area contributed by atoms with Crippen molar-refractivity contribution < 1.29 is 0 Å². The fourth-order valence-corrected chi connectivity index (χ4v) is 2.91. The lowest BCUT2D eigenvalue weighted by Gasteiger charge is -2.09. The zero-order valence-electron chi connectivity index (χ0n) is 10.6. The molecule has 1 rings (SSSR count). The Morgan fingerprint density at radius 2 is 1.65 bits per heavy atom. The van der Waals surface area contributed by atoms with Gasteiger partial charge in [0.25, 0.3) is 0 Å². The van der Waals surface area contributed by atoms with Gasteiger partial charge in [-0.3, -0.25) is 0 Å². The van der Waals surface area contributed by atoms with Crippen LogP contribution in [0.2, 0.25) is 0 Å². The van der Waals surface area contributed by atoms with Gasteiger partial charge in [-0.25, -0.2) is 0 Å². The lowest BCUT2D eigenvalue weighted by atomic mass is 10.0. The Morgan fingerprint density at radius 1 is 1.00 bits per heavy atom. The van der Waals surface area contributed by atoms with Crippen LogP contribution in [0.15, 0.2) is 28.7 Å². The van der Waals surface area contributed by atoms with E-state index >= 15 is 0 Å². The molecule has 17 heavy (non-hydrogen) atoms. The number of rotatable bonds is 8. The van der Waals surface area contributed by atoms with Crippen LogP contribution in [0.4, 0.5) is 0 Å². The molecule has 1 aromatic rings. The minimum absolute atomic E-state index is 0.630. The molecular formula is C15H22Br2. The van der Waals surface area contributed by atoms with Crippen molar-refractivity contribution in [3.63, 3.8) is 0 Å². The van der Waals surface area contributed by atoms with E-state index < -0.39 is 0 Å². The van der Waals surface area contributed by atoms with Gasteiger partial charge in [0.05, 0.1) is 0 Å². The van der Waals surface area contributed by atoms with Crippen LogP contribution in [0, 0.1) is 0 Å². The lowest BCUT2D eigenvalue weighted by Crippen LogP contribution is -2.02. The van der Waals surface area contributed by atoms with Crippen LogP contribution in [0.5, 0.6) is 0 Å². The molecule has 0 heterocycles. The molecule has 0 aliphatic heterocycles. The molecule has 0 nitrogen and oxygen atoms in total. The molecule has 1 atom stereocenters. The van der Waals surface area contributed by atoms with Crippen LogP contribution >= 0.6 is 31.9 Å². The number of unbranched alkanes of at least 4 members (excludes halogenated alkanes) is 4. The minimum Gasteiger partial charge on any atom is -0.0887 e. The van der Waals surface area contributed by atoms with Crippen molar-refractivity contribution in [2.45, 2.75) is 56.7 Å². The molecule has 1 aromatic carbocycles. The molecule has 96 valence electrons. The van der Waals surface area contributed by atoms with Crippen LogP contribution in [-0.4, -0.2) is 4.83 Å². The van der Waals surface area contributed by atoms with Crippen molar-refractivity contribution in [2.75, 3.05) is 0 Å². The highest BCUT2D eigenvalue weighted by molar-refractivity contribution is 9.10. The van der Waals surface area contributed by atoms with Crippen LogP contribution < -0.4 is 0 Å². The molecule has 1 unspecified atom stereocenters. The van der Waals surface area contributed by atoms with Gasteiger partial charge in [-0.1, -0.05) is 83.0 Å². The third-order valence-electron chi connectivity index (χ3n) is 2.99. The first-order valence-corrected chi connectivity index (χ1v) is 8.31. The molecular weight excluding hydrogens is 340 g/mol. The first-order chi connectivity index (χ1) is 8.22. The molecule has 0 spiro atoms. The van der Waals surface area contributed by atoms with Gasteiger partial charge >= 0.3 is 0 Å². The SMILES string of the molecule is CCCCCCCC(Br)Cc1ccc(Br)cc1. The number of alkyl halides is 1. The molecule has 2 heteroatoms. The van der Waals surface area contributed by atoms with E-state index in [1.54, 1.807) is 0 Å². The van der Waals surface area contributed by atoms with E-state index in [1.165, 1.54) is 44.1 Å². The van der Waals surface area contributed by atoms with E-state index in [2.05, 4.69) is 63.0 Å². The second-order valence-corrected chi connectivity index (χ2v) is 6.84. The van der Waals surface area contributed by atoms with Gasteiger partial charge in [0, 0.05) is 9.30 Å². The van der Waals surface area contributed by atoms with Gasteiger partial charge in [0.15, 0.2) is 0 Å². The smallest absolute Gasteiger partial charge is 0.0186 e. The average Bonchev–Trinajstić information content (AvgIpc) is 2.32. The maximum Gasteiger partial charge on any atom is 0.0186 e. The first-order valence-electron chi connectivity index (χ1n) is 6.61. The second-order valence-electron chi connectivity index (χ2n) is 4.63. The molecule has 0 N–H and O–H groups in total. The highest BCUT2D eigenvalue weighted by Gasteiger charge is 2.05. The van der Waals surface area contributed by atoms with Crippen molar-refractivity contribution in [3.05, 3.63) is 34.3 Å². The maximum atomic E-state index is 3.79. The van der Waals surface area contributed by atoms with E-state index in [1.807, 2.05) is 0 Å². The topological polar surface area (TPSA) is 0 Å². The number of benzene rings is 1. The molecule has 0 saturated heterocycles. The fraction of sp³-hybridized carbons (Fsp3) is 0.600. The summed E-state index contributed by atoms with van der Waals surface area (Å²) in [5, 5.41) is 0. The predicted molar refractivity (Wildman–Crippen MR) is 83.9 cm³/mol. The quantitative estimate of drug-likeness (QED) is 0.386. The zero-order valence-corrected chi connectivity index (χ0v) is 13.8. The molecule has 0 aromatic heterocycles. The van der Waals surface area contributed by atoms with Gasteiger partial charge in [-0.05, 0) is 30.5 Å². The first kappa shape index (κ1) is 15.2.